The molecule has 2 nitrogen and oxygen atoms in total. The Hall–Kier alpha value is -1.60. The van der Waals surface area contributed by atoms with Crippen molar-refractivity contribution >= 4 is 50.2 Å². The zero-order valence-corrected chi connectivity index (χ0v) is 15.5. The summed E-state index contributed by atoms with van der Waals surface area (Å²) in [5, 5.41) is 11.4. The SMILES string of the molecule is C=C(CC(O)(c1cc(Cl)cc(Cl)c1)C(F)(F)F)c1cc2ccncc2s1. The van der Waals surface area contributed by atoms with Gasteiger partial charge >= 0.3 is 6.18 Å². The molecule has 0 amide bonds. The van der Waals surface area contributed by atoms with Crippen LogP contribution in [0.2, 0.25) is 10.0 Å². The van der Waals surface area contributed by atoms with E-state index >= 15 is 0 Å². The number of fused-ring (bicyclic) bond motifs is 1. The first-order valence-electron chi connectivity index (χ1n) is 7.37. The van der Waals surface area contributed by atoms with Crippen LogP contribution in [0.3, 0.4) is 0 Å². The third-order valence-corrected chi connectivity index (χ3v) is 5.57. The predicted octanol–water partition coefficient (Wildman–Crippen LogP) is 6.46. The summed E-state index contributed by atoms with van der Waals surface area (Å²) in [4.78, 5) is 4.53. The molecule has 0 saturated heterocycles. The number of halogens is 5. The molecule has 0 radical (unpaired) electrons. The summed E-state index contributed by atoms with van der Waals surface area (Å²) in [5.74, 6) is 0. The van der Waals surface area contributed by atoms with Gasteiger partial charge in [0.25, 0.3) is 0 Å². The van der Waals surface area contributed by atoms with Crippen LogP contribution in [0, 0.1) is 0 Å². The van der Waals surface area contributed by atoms with E-state index in [1.807, 2.05) is 0 Å². The first-order chi connectivity index (χ1) is 12.1. The van der Waals surface area contributed by atoms with Gasteiger partial charge < -0.3 is 5.11 Å². The standard InChI is InChI=1S/C18H12Cl2F3NOS/c1-10(15-4-11-2-3-24-9-16(11)26-15)8-17(25,18(21,22)23)12-5-13(19)7-14(20)6-12/h2-7,9,25H,1,8H2. The van der Waals surface area contributed by atoms with E-state index in [-0.39, 0.29) is 15.6 Å². The van der Waals surface area contributed by atoms with Crippen molar-refractivity contribution in [1.29, 1.82) is 0 Å². The number of nitrogens with zero attached hydrogens (tertiary/aromatic N) is 1. The van der Waals surface area contributed by atoms with E-state index in [4.69, 9.17) is 23.2 Å². The number of thiophene rings is 1. The van der Waals surface area contributed by atoms with Crippen molar-refractivity contribution in [2.45, 2.75) is 18.2 Å². The van der Waals surface area contributed by atoms with E-state index in [2.05, 4.69) is 11.6 Å². The molecule has 0 aliphatic rings. The van der Waals surface area contributed by atoms with E-state index in [0.29, 0.717) is 4.88 Å². The molecule has 1 aromatic carbocycles. The van der Waals surface area contributed by atoms with E-state index in [1.54, 1.807) is 24.5 Å². The second-order valence-corrected chi connectivity index (χ2v) is 7.78. The van der Waals surface area contributed by atoms with Gasteiger partial charge in [-0.15, -0.1) is 11.3 Å². The average molecular weight is 418 g/mol. The molecule has 0 spiro atoms. The first-order valence-corrected chi connectivity index (χ1v) is 8.95. The van der Waals surface area contributed by atoms with Gasteiger partial charge in [-0.05, 0) is 46.9 Å². The van der Waals surface area contributed by atoms with Crippen LogP contribution in [0.5, 0.6) is 0 Å². The monoisotopic (exact) mass is 417 g/mol. The zero-order chi connectivity index (χ0) is 19.1. The minimum atomic E-state index is -4.94. The van der Waals surface area contributed by atoms with Gasteiger partial charge in [-0.3, -0.25) is 4.98 Å². The maximum Gasteiger partial charge on any atom is 0.421 e. The fourth-order valence-corrected chi connectivity index (χ4v) is 4.14. The summed E-state index contributed by atoms with van der Waals surface area (Å²) in [5.41, 5.74) is -3.43. The lowest BCUT2D eigenvalue weighted by molar-refractivity contribution is -0.264. The molecule has 0 aliphatic carbocycles. The Balaban J connectivity index is 2.02. The predicted molar refractivity (Wildman–Crippen MR) is 99.7 cm³/mol. The molecule has 3 aromatic rings. The van der Waals surface area contributed by atoms with Crippen molar-refractivity contribution in [2.75, 3.05) is 0 Å². The van der Waals surface area contributed by atoms with Crippen molar-refractivity contribution in [2.24, 2.45) is 0 Å². The lowest BCUT2D eigenvalue weighted by Crippen LogP contribution is -2.42. The third kappa shape index (κ3) is 3.60. The summed E-state index contributed by atoms with van der Waals surface area (Å²) in [6.45, 7) is 3.75. The number of aliphatic hydroxyl groups is 1. The Morgan fingerprint density at radius 2 is 1.81 bits per heavy atom. The number of hydrogen-bond acceptors (Lipinski definition) is 3. The van der Waals surface area contributed by atoms with Crippen molar-refractivity contribution in [3.05, 3.63) is 69.8 Å². The number of pyridine rings is 1. The largest absolute Gasteiger partial charge is 0.421 e. The summed E-state index contributed by atoms with van der Waals surface area (Å²) >= 11 is 12.9. The molecule has 0 aliphatic heterocycles. The Labute approximate surface area is 161 Å². The van der Waals surface area contributed by atoms with Crippen molar-refractivity contribution in [3.63, 3.8) is 0 Å². The van der Waals surface area contributed by atoms with Gasteiger partial charge in [-0.1, -0.05) is 29.8 Å². The van der Waals surface area contributed by atoms with Gasteiger partial charge in [-0.25, -0.2) is 0 Å². The normalized spacial score (nSPS) is 14.4. The summed E-state index contributed by atoms with van der Waals surface area (Å²) < 4.78 is 42.1. The molecule has 3 rings (SSSR count). The molecular formula is C18H12Cl2F3NOS. The number of rotatable bonds is 4. The molecule has 8 heteroatoms. The third-order valence-electron chi connectivity index (χ3n) is 3.95. The molecule has 2 aromatic heterocycles. The lowest BCUT2D eigenvalue weighted by atomic mass is 9.86. The second kappa shape index (κ2) is 6.85. The highest BCUT2D eigenvalue weighted by Gasteiger charge is 2.55. The molecule has 1 atom stereocenters. The zero-order valence-electron chi connectivity index (χ0n) is 13.1. The fourth-order valence-electron chi connectivity index (χ4n) is 2.61. The highest BCUT2D eigenvalue weighted by Crippen LogP contribution is 2.46. The molecule has 0 fully saturated rings. The van der Waals surface area contributed by atoms with E-state index in [0.717, 1.165) is 22.2 Å². The number of benzene rings is 1. The van der Waals surface area contributed by atoms with Gasteiger partial charge in [-0.2, -0.15) is 13.2 Å². The Morgan fingerprint density at radius 3 is 2.38 bits per heavy atom. The quantitative estimate of drug-likeness (QED) is 0.528. The highest BCUT2D eigenvalue weighted by atomic mass is 35.5. The average Bonchev–Trinajstić information content (AvgIpc) is 2.97. The Morgan fingerprint density at radius 1 is 1.15 bits per heavy atom. The van der Waals surface area contributed by atoms with Crippen LogP contribution < -0.4 is 0 Å². The summed E-state index contributed by atoms with van der Waals surface area (Å²) in [6.07, 6.45) is -2.46. The second-order valence-electron chi connectivity index (χ2n) is 5.82. The van der Waals surface area contributed by atoms with E-state index < -0.39 is 23.8 Å². The summed E-state index contributed by atoms with van der Waals surface area (Å²) in [7, 11) is 0. The minimum absolute atomic E-state index is 0.00808. The van der Waals surface area contributed by atoms with Gasteiger partial charge in [0.1, 0.15) is 0 Å². The molecule has 0 bridgehead atoms. The first kappa shape index (κ1) is 19.2. The Bertz CT molecular complexity index is 933. The Kier molecular flexibility index (Phi) is 5.05. The van der Waals surface area contributed by atoms with Gasteiger partial charge in [0, 0.05) is 33.7 Å². The van der Waals surface area contributed by atoms with Crippen LogP contribution in [0.4, 0.5) is 13.2 Å². The van der Waals surface area contributed by atoms with Crippen LogP contribution in [0.25, 0.3) is 15.7 Å². The van der Waals surface area contributed by atoms with Crippen molar-refractivity contribution in [3.8, 4) is 0 Å². The minimum Gasteiger partial charge on any atom is -0.376 e. The highest BCUT2D eigenvalue weighted by molar-refractivity contribution is 7.20. The number of aromatic nitrogens is 1. The van der Waals surface area contributed by atoms with Crippen LogP contribution in [0.15, 0.2) is 49.3 Å². The van der Waals surface area contributed by atoms with E-state index in [1.165, 1.54) is 17.4 Å². The molecule has 0 saturated carbocycles. The molecule has 1 unspecified atom stereocenters. The van der Waals surface area contributed by atoms with Crippen molar-refractivity contribution < 1.29 is 18.3 Å². The van der Waals surface area contributed by atoms with Crippen molar-refractivity contribution in [1.82, 2.24) is 4.98 Å². The number of hydrogen-bond donors (Lipinski definition) is 1. The molecule has 2 heterocycles. The van der Waals surface area contributed by atoms with Crippen LogP contribution >= 0.6 is 34.5 Å². The topological polar surface area (TPSA) is 33.1 Å². The molecular weight excluding hydrogens is 406 g/mol. The van der Waals surface area contributed by atoms with Crippen LogP contribution in [-0.4, -0.2) is 16.3 Å². The summed E-state index contributed by atoms with van der Waals surface area (Å²) in [6, 6.07) is 6.91. The number of alkyl halides is 3. The van der Waals surface area contributed by atoms with Gasteiger partial charge in [0.05, 0.1) is 4.70 Å². The molecule has 1 N–H and O–H groups in total. The lowest BCUT2D eigenvalue weighted by Gasteiger charge is -2.32. The smallest absolute Gasteiger partial charge is 0.376 e. The van der Waals surface area contributed by atoms with Gasteiger partial charge in [0.2, 0.25) is 0 Å². The van der Waals surface area contributed by atoms with Crippen LogP contribution in [-0.2, 0) is 5.60 Å². The molecule has 26 heavy (non-hydrogen) atoms. The maximum absolute atomic E-state index is 13.8. The fraction of sp³-hybridized carbons (Fsp3) is 0.167. The van der Waals surface area contributed by atoms with Gasteiger partial charge in [0.15, 0.2) is 5.60 Å². The van der Waals surface area contributed by atoms with Crippen LogP contribution in [0.1, 0.15) is 16.9 Å². The molecule has 136 valence electrons. The van der Waals surface area contributed by atoms with E-state index in [9.17, 15) is 18.3 Å². The maximum atomic E-state index is 13.8.